The quantitative estimate of drug-likeness (QED) is 0.738. The molecule has 1 aliphatic carbocycles. The van der Waals surface area contributed by atoms with Crippen LogP contribution in [0.2, 0.25) is 0 Å². The third kappa shape index (κ3) is 4.41. The molecule has 2 heterocycles. The number of nitrogens with zero attached hydrogens (tertiary/aromatic N) is 3. The largest absolute Gasteiger partial charge is 0.350 e. The number of piperidine rings is 1. The summed E-state index contributed by atoms with van der Waals surface area (Å²) in [6.45, 7) is 1.31. The van der Waals surface area contributed by atoms with Crippen molar-refractivity contribution in [1.29, 1.82) is 5.26 Å². The maximum atomic E-state index is 12.9. The normalized spacial score (nSPS) is 18.5. The summed E-state index contributed by atoms with van der Waals surface area (Å²) in [5, 5.41) is 15.0. The summed E-state index contributed by atoms with van der Waals surface area (Å²) >= 11 is 1.58. The van der Waals surface area contributed by atoms with Crippen molar-refractivity contribution in [2.24, 2.45) is 5.92 Å². The van der Waals surface area contributed by atoms with Crippen LogP contribution in [0.3, 0.4) is 0 Å². The maximum absolute atomic E-state index is 12.9. The lowest BCUT2D eigenvalue weighted by Gasteiger charge is -2.30. The van der Waals surface area contributed by atoms with Gasteiger partial charge in [0.15, 0.2) is 0 Å². The molecule has 1 saturated heterocycles. The lowest BCUT2D eigenvalue weighted by Crippen LogP contribution is -2.37. The molecular formula is C21H24N4O3S2. The first-order chi connectivity index (χ1) is 14.5. The second kappa shape index (κ2) is 8.84. The number of benzene rings is 1. The fraction of sp³-hybridized carbons (Fsp3) is 0.476. The van der Waals surface area contributed by atoms with E-state index in [0.717, 1.165) is 30.0 Å². The highest BCUT2D eigenvalue weighted by atomic mass is 32.2. The standard InChI is InChI=1S/C21H24N4O3S2/c22-12-15-3-1-6-19(11-15)30(27,28)25-9-7-17(8-10-25)21-24-18(14-29-21)13-23-20(26)16-4-2-5-16/h1,3,6,11,14,16-17H,2,4-5,7-10,13H2,(H,23,26). The average Bonchev–Trinajstić information content (AvgIpc) is 3.20. The Bertz CT molecular complexity index is 1060. The zero-order valence-corrected chi connectivity index (χ0v) is 18.2. The summed E-state index contributed by atoms with van der Waals surface area (Å²) in [5.41, 5.74) is 1.21. The van der Waals surface area contributed by atoms with Crippen LogP contribution < -0.4 is 5.32 Å². The number of carbonyl (C=O) groups excluding carboxylic acids is 1. The molecule has 1 amide bonds. The van der Waals surface area contributed by atoms with E-state index in [4.69, 9.17) is 5.26 Å². The van der Waals surface area contributed by atoms with Gasteiger partial charge in [-0.3, -0.25) is 4.79 Å². The molecule has 0 spiro atoms. The van der Waals surface area contributed by atoms with Crippen LogP contribution in [-0.4, -0.2) is 36.7 Å². The molecule has 158 valence electrons. The van der Waals surface area contributed by atoms with Crippen LogP contribution in [0, 0.1) is 17.2 Å². The molecule has 2 fully saturated rings. The number of carbonyl (C=O) groups is 1. The molecule has 0 unspecified atom stereocenters. The van der Waals surface area contributed by atoms with E-state index in [1.54, 1.807) is 23.5 Å². The van der Waals surface area contributed by atoms with Gasteiger partial charge in [-0.15, -0.1) is 11.3 Å². The second-order valence-electron chi connectivity index (χ2n) is 7.84. The van der Waals surface area contributed by atoms with Gasteiger partial charge in [0.2, 0.25) is 15.9 Å². The van der Waals surface area contributed by atoms with Crippen molar-refractivity contribution < 1.29 is 13.2 Å². The topological polar surface area (TPSA) is 103 Å². The molecule has 1 aromatic carbocycles. The Kier molecular flexibility index (Phi) is 6.18. The summed E-state index contributed by atoms with van der Waals surface area (Å²) in [6, 6.07) is 8.14. The maximum Gasteiger partial charge on any atom is 0.243 e. The molecule has 0 radical (unpaired) electrons. The molecule has 0 atom stereocenters. The van der Waals surface area contributed by atoms with Gasteiger partial charge >= 0.3 is 0 Å². The Hall–Kier alpha value is -2.28. The SMILES string of the molecule is N#Cc1cccc(S(=O)(=O)N2CCC(c3nc(CNC(=O)C4CCC4)cs3)CC2)c1. The summed E-state index contributed by atoms with van der Waals surface area (Å²) in [5.74, 6) is 0.515. The lowest BCUT2D eigenvalue weighted by atomic mass is 9.85. The fourth-order valence-electron chi connectivity index (χ4n) is 3.80. The van der Waals surface area contributed by atoms with Crippen molar-refractivity contribution >= 4 is 27.3 Å². The highest BCUT2D eigenvalue weighted by Gasteiger charge is 2.31. The van der Waals surface area contributed by atoms with E-state index in [-0.39, 0.29) is 22.6 Å². The van der Waals surface area contributed by atoms with Gasteiger partial charge in [-0.1, -0.05) is 12.5 Å². The Morgan fingerprint density at radius 1 is 1.27 bits per heavy atom. The molecule has 2 aliphatic rings. The Balaban J connectivity index is 1.33. The van der Waals surface area contributed by atoms with E-state index in [0.29, 0.717) is 38.0 Å². The first kappa shape index (κ1) is 21.0. The van der Waals surface area contributed by atoms with Gasteiger partial charge < -0.3 is 5.32 Å². The molecule has 1 aliphatic heterocycles. The minimum absolute atomic E-state index is 0.120. The number of aromatic nitrogens is 1. The third-order valence-corrected chi connectivity index (χ3v) is 8.84. The van der Waals surface area contributed by atoms with Gasteiger partial charge in [0.05, 0.1) is 33.8 Å². The number of hydrogen-bond donors (Lipinski definition) is 1. The van der Waals surface area contributed by atoms with E-state index in [1.165, 1.54) is 16.4 Å². The number of hydrogen-bond acceptors (Lipinski definition) is 6. The number of nitrogens with one attached hydrogen (secondary N) is 1. The van der Waals surface area contributed by atoms with Crippen LogP contribution in [0.4, 0.5) is 0 Å². The molecule has 7 nitrogen and oxygen atoms in total. The van der Waals surface area contributed by atoms with E-state index in [9.17, 15) is 13.2 Å². The molecule has 4 rings (SSSR count). The summed E-state index contributed by atoms with van der Waals surface area (Å²) in [4.78, 5) is 16.8. The summed E-state index contributed by atoms with van der Waals surface area (Å²) in [7, 11) is -3.60. The average molecular weight is 445 g/mol. The van der Waals surface area contributed by atoms with E-state index in [2.05, 4.69) is 10.3 Å². The predicted molar refractivity (Wildman–Crippen MR) is 113 cm³/mol. The third-order valence-electron chi connectivity index (χ3n) is 5.89. The van der Waals surface area contributed by atoms with Crippen LogP contribution in [0.1, 0.15) is 54.3 Å². The first-order valence-electron chi connectivity index (χ1n) is 10.2. The Labute approximate surface area is 180 Å². The number of sulfonamides is 1. The van der Waals surface area contributed by atoms with Crippen LogP contribution in [0.15, 0.2) is 34.5 Å². The second-order valence-corrected chi connectivity index (χ2v) is 10.7. The van der Waals surface area contributed by atoms with Gasteiger partial charge in [0, 0.05) is 30.3 Å². The van der Waals surface area contributed by atoms with Gasteiger partial charge in [0.1, 0.15) is 0 Å². The van der Waals surface area contributed by atoms with Crippen molar-refractivity contribution in [3.05, 3.63) is 45.9 Å². The zero-order chi connectivity index (χ0) is 21.1. The zero-order valence-electron chi connectivity index (χ0n) is 16.6. The van der Waals surface area contributed by atoms with Crippen molar-refractivity contribution in [3.63, 3.8) is 0 Å². The van der Waals surface area contributed by atoms with Crippen molar-refractivity contribution in [2.45, 2.75) is 49.5 Å². The van der Waals surface area contributed by atoms with E-state index >= 15 is 0 Å². The molecule has 9 heteroatoms. The highest BCUT2D eigenvalue weighted by Crippen LogP contribution is 2.32. The predicted octanol–water partition coefficient (Wildman–Crippen LogP) is 3.00. The van der Waals surface area contributed by atoms with Gasteiger partial charge in [0.25, 0.3) is 0 Å². The molecule has 1 N–H and O–H groups in total. The van der Waals surface area contributed by atoms with E-state index < -0.39 is 10.0 Å². The van der Waals surface area contributed by atoms with Gasteiger partial charge in [-0.05, 0) is 43.9 Å². The summed E-state index contributed by atoms with van der Waals surface area (Å²) < 4.78 is 27.3. The highest BCUT2D eigenvalue weighted by molar-refractivity contribution is 7.89. The molecule has 1 saturated carbocycles. The number of nitriles is 1. The smallest absolute Gasteiger partial charge is 0.243 e. The minimum Gasteiger partial charge on any atom is -0.350 e. The molecule has 1 aromatic heterocycles. The minimum atomic E-state index is -3.60. The number of thiazole rings is 1. The fourth-order valence-corrected chi connectivity index (χ4v) is 6.31. The monoisotopic (exact) mass is 444 g/mol. The molecule has 0 bridgehead atoms. The molecule has 30 heavy (non-hydrogen) atoms. The molecule has 2 aromatic rings. The van der Waals surface area contributed by atoms with Gasteiger partial charge in [-0.2, -0.15) is 9.57 Å². The number of rotatable bonds is 6. The molecular weight excluding hydrogens is 420 g/mol. The number of amides is 1. The summed E-state index contributed by atoms with van der Waals surface area (Å²) in [6.07, 6.45) is 4.51. The van der Waals surface area contributed by atoms with Crippen LogP contribution in [0.5, 0.6) is 0 Å². The Morgan fingerprint density at radius 3 is 2.70 bits per heavy atom. The van der Waals surface area contributed by atoms with Crippen molar-refractivity contribution in [1.82, 2.24) is 14.6 Å². The van der Waals surface area contributed by atoms with Gasteiger partial charge in [-0.25, -0.2) is 13.4 Å². The lowest BCUT2D eigenvalue weighted by molar-refractivity contribution is -0.127. The van der Waals surface area contributed by atoms with Crippen LogP contribution in [0.25, 0.3) is 0 Å². The van der Waals surface area contributed by atoms with E-state index in [1.807, 2.05) is 11.4 Å². The van der Waals surface area contributed by atoms with Crippen molar-refractivity contribution in [2.75, 3.05) is 13.1 Å². The van der Waals surface area contributed by atoms with Crippen LogP contribution in [-0.2, 0) is 21.4 Å². The van der Waals surface area contributed by atoms with Crippen molar-refractivity contribution in [3.8, 4) is 6.07 Å². The first-order valence-corrected chi connectivity index (χ1v) is 12.5. The van der Waals surface area contributed by atoms with Crippen LogP contribution >= 0.6 is 11.3 Å². The Morgan fingerprint density at radius 2 is 2.03 bits per heavy atom.